The quantitative estimate of drug-likeness (QED) is 0.731. The number of rotatable bonds is 7. The minimum Gasteiger partial charge on any atom is -0.394 e. The fraction of sp³-hybridized carbons (Fsp3) is 0.714. The third kappa shape index (κ3) is 4.61. The van der Waals surface area contributed by atoms with Gasteiger partial charge >= 0.3 is 0 Å². The maximum absolute atomic E-state index is 8.63. The van der Waals surface area contributed by atoms with Crippen LogP contribution in [-0.2, 0) is 4.74 Å². The van der Waals surface area contributed by atoms with Gasteiger partial charge in [-0.3, -0.25) is 0 Å². The van der Waals surface area contributed by atoms with Crippen molar-refractivity contribution >= 4 is 11.8 Å². The van der Waals surface area contributed by atoms with Crippen molar-refractivity contribution in [3.8, 4) is 0 Å². The van der Waals surface area contributed by atoms with Gasteiger partial charge in [0.15, 0.2) is 0 Å². The molecule has 1 aliphatic heterocycles. The second kappa shape index (κ2) is 8.01. The van der Waals surface area contributed by atoms with Gasteiger partial charge in [0.25, 0.3) is 0 Å². The molecule has 6 heteroatoms. The second-order valence-corrected chi connectivity index (χ2v) is 5.01. The predicted octanol–water partition coefficient (Wildman–Crippen LogP) is 1.20. The number of ether oxygens (including phenoxy) is 1. The van der Waals surface area contributed by atoms with Crippen LogP contribution in [-0.4, -0.2) is 54.5 Å². The number of hydrogen-bond acceptors (Lipinski definition) is 6. The number of nitrogens with one attached hydrogen (secondary N) is 1. The van der Waals surface area contributed by atoms with Crippen LogP contribution in [0.3, 0.4) is 0 Å². The molecule has 1 aromatic heterocycles. The van der Waals surface area contributed by atoms with Crippen LogP contribution in [0.25, 0.3) is 0 Å². The van der Waals surface area contributed by atoms with Crippen molar-refractivity contribution in [1.29, 1.82) is 0 Å². The molecule has 2 heterocycles. The van der Waals surface area contributed by atoms with E-state index < -0.39 is 0 Å². The van der Waals surface area contributed by atoms with E-state index in [1.54, 1.807) is 0 Å². The third-order valence-electron chi connectivity index (χ3n) is 3.27. The Hall–Kier alpha value is -1.40. The molecule has 0 aromatic carbocycles. The minimum atomic E-state index is 0.0612. The molecule has 0 unspecified atom stereocenters. The van der Waals surface area contributed by atoms with Crippen LogP contribution in [0.1, 0.15) is 25.0 Å². The lowest BCUT2D eigenvalue weighted by atomic mass is 10.1. The van der Waals surface area contributed by atoms with Crippen LogP contribution in [0, 0.1) is 6.92 Å². The lowest BCUT2D eigenvalue weighted by Crippen LogP contribution is -2.31. The highest BCUT2D eigenvalue weighted by Gasteiger charge is 2.14. The van der Waals surface area contributed by atoms with Crippen molar-refractivity contribution < 1.29 is 9.84 Å². The molecule has 2 N–H and O–H groups in total. The van der Waals surface area contributed by atoms with Gasteiger partial charge in [0, 0.05) is 31.4 Å². The molecule has 112 valence electrons. The Morgan fingerprint density at radius 1 is 1.25 bits per heavy atom. The number of aliphatic hydroxyl groups is 1. The summed E-state index contributed by atoms with van der Waals surface area (Å²) in [6.45, 7) is 5.75. The first kappa shape index (κ1) is 15.0. The maximum atomic E-state index is 8.63. The summed E-state index contributed by atoms with van der Waals surface area (Å²) < 4.78 is 5.22. The Kier molecular flexibility index (Phi) is 6.01. The van der Waals surface area contributed by atoms with Gasteiger partial charge in [-0.25, -0.2) is 4.98 Å². The summed E-state index contributed by atoms with van der Waals surface area (Å²) in [5, 5.41) is 11.9. The van der Waals surface area contributed by atoms with E-state index in [2.05, 4.69) is 20.2 Å². The number of aromatic nitrogens is 2. The first-order valence-electron chi connectivity index (χ1n) is 7.32. The van der Waals surface area contributed by atoms with Gasteiger partial charge < -0.3 is 20.1 Å². The van der Waals surface area contributed by atoms with E-state index >= 15 is 0 Å². The fourth-order valence-electron chi connectivity index (χ4n) is 2.30. The zero-order valence-corrected chi connectivity index (χ0v) is 12.1. The van der Waals surface area contributed by atoms with Crippen LogP contribution < -0.4 is 10.2 Å². The number of hydrogen-bond donors (Lipinski definition) is 2. The van der Waals surface area contributed by atoms with Crippen molar-refractivity contribution in [3.05, 3.63) is 11.8 Å². The van der Waals surface area contributed by atoms with Crippen LogP contribution in [0.2, 0.25) is 0 Å². The van der Waals surface area contributed by atoms with Gasteiger partial charge in [0.05, 0.1) is 19.8 Å². The Morgan fingerprint density at radius 3 is 2.80 bits per heavy atom. The summed E-state index contributed by atoms with van der Waals surface area (Å²) in [6.07, 6.45) is 3.74. The SMILES string of the molecule is Cc1cc(NCCOCCO)nc(N2CCCCC2)n1. The molecular weight excluding hydrogens is 256 g/mol. The Bertz CT molecular complexity index is 408. The molecule has 1 saturated heterocycles. The molecular formula is C14H24N4O2. The lowest BCUT2D eigenvalue weighted by Gasteiger charge is -2.27. The van der Waals surface area contributed by atoms with Crippen molar-refractivity contribution in [2.75, 3.05) is 49.7 Å². The van der Waals surface area contributed by atoms with Gasteiger partial charge in [-0.05, 0) is 26.2 Å². The zero-order valence-electron chi connectivity index (χ0n) is 12.1. The monoisotopic (exact) mass is 280 g/mol. The van der Waals surface area contributed by atoms with Crippen molar-refractivity contribution in [1.82, 2.24) is 9.97 Å². The summed E-state index contributed by atoms with van der Waals surface area (Å²) >= 11 is 0. The van der Waals surface area contributed by atoms with Gasteiger partial charge in [-0.2, -0.15) is 4.98 Å². The molecule has 0 aliphatic carbocycles. The summed E-state index contributed by atoms with van der Waals surface area (Å²) in [7, 11) is 0. The molecule has 20 heavy (non-hydrogen) atoms. The maximum Gasteiger partial charge on any atom is 0.227 e. The number of piperidine rings is 1. The van der Waals surface area contributed by atoms with Crippen molar-refractivity contribution in [2.24, 2.45) is 0 Å². The first-order chi connectivity index (χ1) is 9.79. The molecule has 1 fully saturated rings. The highest BCUT2D eigenvalue weighted by molar-refractivity contribution is 5.43. The van der Waals surface area contributed by atoms with E-state index in [1.807, 2.05) is 13.0 Å². The molecule has 0 saturated carbocycles. The highest BCUT2D eigenvalue weighted by Crippen LogP contribution is 2.18. The smallest absolute Gasteiger partial charge is 0.227 e. The highest BCUT2D eigenvalue weighted by atomic mass is 16.5. The van der Waals surface area contributed by atoms with E-state index in [1.165, 1.54) is 19.3 Å². The molecule has 1 aromatic rings. The van der Waals surface area contributed by atoms with E-state index in [4.69, 9.17) is 9.84 Å². The largest absolute Gasteiger partial charge is 0.394 e. The number of anilines is 2. The van der Waals surface area contributed by atoms with E-state index in [0.29, 0.717) is 19.8 Å². The summed E-state index contributed by atoms with van der Waals surface area (Å²) in [5.74, 6) is 1.66. The number of nitrogens with zero attached hydrogens (tertiary/aromatic N) is 3. The fourth-order valence-corrected chi connectivity index (χ4v) is 2.30. The third-order valence-corrected chi connectivity index (χ3v) is 3.27. The molecule has 0 radical (unpaired) electrons. The van der Waals surface area contributed by atoms with Crippen molar-refractivity contribution in [2.45, 2.75) is 26.2 Å². The summed E-state index contributed by atoms with van der Waals surface area (Å²) in [6, 6.07) is 1.94. The molecule has 0 amide bonds. The molecule has 2 rings (SSSR count). The average molecular weight is 280 g/mol. The van der Waals surface area contributed by atoms with Gasteiger partial charge in [0.2, 0.25) is 5.95 Å². The standard InChI is InChI=1S/C14H24N4O2/c1-12-11-13(15-5-9-20-10-8-19)17-14(16-12)18-6-3-2-4-7-18/h11,19H,2-10H2,1H3,(H,15,16,17). The average Bonchev–Trinajstić information content (AvgIpc) is 2.47. The second-order valence-electron chi connectivity index (χ2n) is 5.01. The van der Waals surface area contributed by atoms with Crippen molar-refractivity contribution in [3.63, 3.8) is 0 Å². The molecule has 1 aliphatic rings. The Labute approximate surface area is 120 Å². The molecule has 0 bridgehead atoms. The van der Waals surface area contributed by atoms with Gasteiger partial charge in [-0.1, -0.05) is 0 Å². The van der Waals surface area contributed by atoms with Crippen LogP contribution >= 0.6 is 0 Å². The van der Waals surface area contributed by atoms with Gasteiger partial charge in [0.1, 0.15) is 5.82 Å². The predicted molar refractivity (Wildman–Crippen MR) is 79.2 cm³/mol. The van der Waals surface area contributed by atoms with E-state index in [0.717, 1.165) is 30.5 Å². The Morgan fingerprint density at radius 2 is 2.05 bits per heavy atom. The topological polar surface area (TPSA) is 70.5 Å². The molecule has 6 nitrogen and oxygen atoms in total. The Balaban J connectivity index is 1.90. The zero-order chi connectivity index (χ0) is 14.2. The normalized spacial score (nSPS) is 15.4. The lowest BCUT2D eigenvalue weighted by molar-refractivity contribution is 0.0992. The van der Waals surface area contributed by atoms with Crippen LogP contribution in [0.5, 0.6) is 0 Å². The van der Waals surface area contributed by atoms with Gasteiger partial charge in [-0.15, -0.1) is 0 Å². The minimum absolute atomic E-state index is 0.0612. The number of aliphatic hydroxyl groups excluding tert-OH is 1. The summed E-state index contributed by atoms with van der Waals surface area (Å²) in [5.41, 5.74) is 0.972. The first-order valence-corrected chi connectivity index (χ1v) is 7.32. The van der Waals surface area contributed by atoms with E-state index in [-0.39, 0.29) is 6.61 Å². The van der Waals surface area contributed by atoms with E-state index in [9.17, 15) is 0 Å². The number of aryl methyl sites for hydroxylation is 1. The van der Waals surface area contributed by atoms with Crippen LogP contribution in [0.15, 0.2) is 6.07 Å². The molecule has 0 spiro atoms. The molecule has 0 atom stereocenters. The summed E-state index contributed by atoms with van der Waals surface area (Å²) in [4.78, 5) is 11.4. The van der Waals surface area contributed by atoms with Crippen LogP contribution in [0.4, 0.5) is 11.8 Å².